The molecule has 0 bridgehead atoms. The highest BCUT2D eigenvalue weighted by Gasteiger charge is 2.21. The largest absolute Gasteiger partial charge is 0.350 e. The summed E-state index contributed by atoms with van der Waals surface area (Å²) < 4.78 is 1.91. The van der Waals surface area contributed by atoms with Crippen LogP contribution in [0, 0.1) is 6.92 Å². The molecular formula is C12H17N5. The van der Waals surface area contributed by atoms with Crippen LogP contribution < -0.4 is 10.2 Å². The van der Waals surface area contributed by atoms with Crippen molar-refractivity contribution in [2.24, 2.45) is 0 Å². The van der Waals surface area contributed by atoms with E-state index in [2.05, 4.69) is 33.3 Å². The van der Waals surface area contributed by atoms with Crippen LogP contribution in [-0.4, -0.2) is 40.3 Å². The van der Waals surface area contributed by atoms with E-state index in [4.69, 9.17) is 0 Å². The van der Waals surface area contributed by atoms with E-state index in [1.165, 1.54) is 0 Å². The molecule has 1 aliphatic heterocycles. The summed E-state index contributed by atoms with van der Waals surface area (Å²) in [5.74, 6) is 1.04. The van der Waals surface area contributed by atoms with E-state index < -0.39 is 0 Å². The SMILES string of the molecule is Cc1cc2c(N3CCNCC3C)nccn2n1. The first-order chi connectivity index (χ1) is 8.25. The molecule has 2 aromatic rings. The highest BCUT2D eigenvalue weighted by molar-refractivity contribution is 5.69. The van der Waals surface area contributed by atoms with Crippen LogP contribution in [0.4, 0.5) is 5.82 Å². The first kappa shape index (κ1) is 10.5. The van der Waals surface area contributed by atoms with Crippen molar-refractivity contribution in [2.75, 3.05) is 24.5 Å². The Labute approximate surface area is 100 Å². The molecule has 0 aromatic carbocycles. The van der Waals surface area contributed by atoms with Crippen LogP contribution in [0.1, 0.15) is 12.6 Å². The summed E-state index contributed by atoms with van der Waals surface area (Å²) in [6.45, 7) is 7.26. The molecule has 1 atom stereocenters. The standard InChI is InChI=1S/C12H17N5/c1-9-7-11-12(14-4-6-17(11)15-9)16-5-3-13-8-10(16)2/h4,6-7,10,13H,3,5,8H2,1-2H3. The molecule has 0 aliphatic carbocycles. The van der Waals surface area contributed by atoms with Gasteiger partial charge in [0.2, 0.25) is 0 Å². The van der Waals surface area contributed by atoms with Crippen molar-refractivity contribution < 1.29 is 0 Å². The van der Waals surface area contributed by atoms with Gasteiger partial charge in [-0.2, -0.15) is 5.10 Å². The third-order valence-electron chi connectivity index (χ3n) is 3.27. The zero-order valence-electron chi connectivity index (χ0n) is 10.2. The summed E-state index contributed by atoms with van der Waals surface area (Å²) in [5, 5.41) is 7.82. The molecule has 2 aromatic heterocycles. The van der Waals surface area contributed by atoms with Crippen LogP contribution in [0.5, 0.6) is 0 Å². The van der Waals surface area contributed by atoms with E-state index in [9.17, 15) is 0 Å². The summed E-state index contributed by atoms with van der Waals surface area (Å²) in [4.78, 5) is 6.89. The molecule has 0 radical (unpaired) electrons. The van der Waals surface area contributed by atoms with Crippen LogP contribution in [0.3, 0.4) is 0 Å². The first-order valence-electron chi connectivity index (χ1n) is 6.04. The third kappa shape index (κ3) is 1.76. The summed E-state index contributed by atoms with van der Waals surface area (Å²) in [6.07, 6.45) is 3.72. The predicted octanol–water partition coefficient (Wildman–Crippen LogP) is 0.836. The van der Waals surface area contributed by atoms with Gasteiger partial charge in [0, 0.05) is 38.1 Å². The lowest BCUT2D eigenvalue weighted by Crippen LogP contribution is -2.50. The van der Waals surface area contributed by atoms with Gasteiger partial charge in [0.05, 0.1) is 5.69 Å². The molecule has 1 aliphatic rings. The highest BCUT2D eigenvalue weighted by atomic mass is 15.3. The van der Waals surface area contributed by atoms with Crippen molar-refractivity contribution in [3.63, 3.8) is 0 Å². The quantitative estimate of drug-likeness (QED) is 0.790. The third-order valence-corrected chi connectivity index (χ3v) is 3.27. The average molecular weight is 231 g/mol. The number of hydrogen-bond donors (Lipinski definition) is 1. The van der Waals surface area contributed by atoms with Gasteiger partial charge >= 0.3 is 0 Å². The Balaban J connectivity index is 2.09. The van der Waals surface area contributed by atoms with Crippen LogP contribution in [0.15, 0.2) is 18.5 Å². The summed E-state index contributed by atoms with van der Waals surface area (Å²) in [7, 11) is 0. The van der Waals surface area contributed by atoms with E-state index in [1.807, 2.05) is 23.8 Å². The van der Waals surface area contributed by atoms with E-state index in [0.29, 0.717) is 6.04 Å². The molecule has 1 saturated heterocycles. The predicted molar refractivity (Wildman–Crippen MR) is 67.4 cm³/mol. The fourth-order valence-electron chi connectivity index (χ4n) is 2.41. The number of anilines is 1. The maximum absolute atomic E-state index is 4.53. The van der Waals surface area contributed by atoms with Crippen LogP contribution >= 0.6 is 0 Å². The van der Waals surface area contributed by atoms with Gasteiger partial charge in [-0.25, -0.2) is 9.50 Å². The fraction of sp³-hybridized carbons (Fsp3) is 0.500. The van der Waals surface area contributed by atoms with Gasteiger partial charge in [0.25, 0.3) is 0 Å². The van der Waals surface area contributed by atoms with Crippen LogP contribution in [-0.2, 0) is 0 Å². The van der Waals surface area contributed by atoms with Crippen molar-refractivity contribution >= 4 is 11.3 Å². The maximum atomic E-state index is 4.53. The topological polar surface area (TPSA) is 45.5 Å². The van der Waals surface area contributed by atoms with Gasteiger partial charge in [-0.15, -0.1) is 0 Å². The highest BCUT2D eigenvalue weighted by Crippen LogP contribution is 2.22. The zero-order chi connectivity index (χ0) is 11.8. The van der Waals surface area contributed by atoms with Crippen LogP contribution in [0.2, 0.25) is 0 Å². The van der Waals surface area contributed by atoms with E-state index in [-0.39, 0.29) is 0 Å². The zero-order valence-corrected chi connectivity index (χ0v) is 10.2. The minimum Gasteiger partial charge on any atom is -0.350 e. The summed E-state index contributed by atoms with van der Waals surface area (Å²) >= 11 is 0. The molecule has 1 fully saturated rings. The molecule has 1 unspecified atom stereocenters. The average Bonchev–Trinajstić information content (AvgIpc) is 2.70. The molecule has 17 heavy (non-hydrogen) atoms. The lowest BCUT2D eigenvalue weighted by Gasteiger charge is -2.35. The van der Waals surface area contributed by atoms with E-state index in [0.717, 1.165) is 36.7 Å². The molecule has 1 N–H and O–H groups in total. The van der Waals surface area contributed by atoms with Crippen molar-refractivity contribution in [2.45, 2.75) is 19.9 Å². The molecule has 0 saturated carbocycles. The minimum absolute atomic E-state index is 0.470. The Kier molecular flexibility index (Phi) is 2.48. The normalized spacial score (nSPS) is 21.1. The number of aromatic nitrogens is 3. The smallest absolute Gasteiger partial charge is 0.155 e. The number of hydrogen-bond acceptors (Lipinski definition) is 4. The number of aryl methyl sites for hydroxylation is 1. The van der Waals surface area contributed by atoms with Gasteiger partial charge in [0.15, 0.2) is 5.82 Å². The maximum Gasteiger partial charge on any atom is 0.155 e. The molecule has 3 heterocycles. The Bertz CT molecular complexity index is 533. The fourth-order valence-corrected chi connectivity index (χ4v) is 2.41. The van der Waals surface area contributed by atoms with Crippen molar-refractivity contribution in [3.05, 3.63) is 24.2 Å². The van der Waals surface area contributed by atoms with Gasteiger partial charge in [-0.3, -0.25) is 0 Å². The molecular weight excluding hydrogens is 214 g/mol. The summed E-state index contributed by atoms with van der Waals surface area (Å²) in [6, 6.07) is 2.56. The molecule has 90 valence electrons. The Hall–Kier alpha value is -1.62. The second-order valence-electron chi connectivity index (χ2n) is 4.61. The second-order valence-corrected chi connectivity index (χ2v) is 4.61. The minimum atomic E-state index is 0.470. The number of nitrogens with one attached hydrogen (secondary N) is 1. The molecule has 0 amide bonds. The van der Waals surface area contributed by atoms with Crippen molar-refractivity contribution in [1.82, 2.24) is 19.9 Å². The van der Waals surface area contributed by atoms with Gasteiger partial charge in [-0.05, 0) is 19.9 Å². The molecule has 0 spiro atoms. The lowest BCUT2D eigenvalue weighted by atomic mass is 10.2. The molecule has 5 heteroatoms. The van der Waals surface area contributed by atoms with Crippen molar-refractivity contribution in [1.29, 1.82) is 0 Å². The van der Waals surface area contributed by atoms with Crippen LogP contribution in [0.25, 0.3) is 5.52 Å². The Morgan fingerprint density at radius 2 is 2.35 bits per heavy atom. The number of rotatable bonds is 1. The van der Waals surface area contributed by atoms with E-state index in [1.54, 1.807) is 0 Å². The van der Waals surface area contributed by atoms with Gasteiger partial charge in [-0.1, -0.05) is 0 Å². The number of piperazine rings is 1. The lowest BCUT2D eigenvalue weighted by molar-refractivity contribution is 0.497. The Morgan fingerprint density at radius 1 is 1.47 bits per heavy atom. The van der Waals surface area contributed by atoms with Gasteiger partial charge < -0.3 is 10.2 Å². The molecule has 5 nitrogen and oxygen atoms in total. The van der Waals surface area contributed by atoms with E-state index >= 15 is 0 Å². The summed E-state index contributed by atoms with van der Waals surface area (Å²) in [5.41, 5.74) is 2.13. The first-order valence-corrected chi connectivity index (χ1v) is 6.04. The van der Waals surface area contributed by atoms with Gasteiger partial charge in [0.1, 0.15) is 5.52 Å². The number of fused-ring (bicyclic) bond motifs is 1. The Morgan fingerprint density at radius 3 is 3.18 bits per heavy atom. The second kappa shape index (κ2) is 4.00. The number of nitrogens with zero attached hydrogens (tertiary/aromatic N) is 4. The van der Waals surface area contributed by atoms with Crippen molar-refractivity contribution in [3.8, 4) is 0 Å². The monoisotopic (exact) mass is 231 g/mol. The molecule has 3 rings (SSSR count).